The van der Waals surface area contributed by atoms with Crippen LogP contribution in [0.25, 0.3) is 10.9 Å². The highest BCUT2D eigenvalue weighted by Gasteiger charge is 2.13. The first-order chi connectivity index (χ1) is 8.58. The highest BCUT2D eigenvalue weighted by Crippen LogP contribution is 2.25. The fourth-order valence-corrected chi connectivity index (χ4v) is 2.35. The predicted octanol–water partition coefficient (Wildman–Crippen LogP) is 2.17. The van der Waals surface area contributed by atoms with Crippen molar-refractivity contribution >= 4 is 16.9 Å². The van der Waals surface area contributed by atoms with Gasteiger partial charge in [-0.15, -0.1) is 0 Å². The van der Waals surface area contributed by atoms with Gasteiger partial charge in [-0.3, -0.25) is 0 Å². The molecule has 2 rings (SSSR count). The minimum atomic E-state index is -0.882. The smallest absolute Gasteiger partial charge is 0.336 e. The topological polar surface area (TPSA) is 68.2 Å². The van der Waals surface area contributed by atoms with Crippen LogP contribution in [0.2, 0.25) is 0 Å². The van der Waals surface area contributed by atoms with Gasteiger partial charge in [-0.1, -0.05) is 6.92 Å². The summed E-state index contributed by atoms with van der Waals surface area (Å²) in [7, 11) is 0. The number of hydrogen-bond acceptors (Lipinski definition) is 2. The largest absolute Gasteiger partial charge is 0.478 e. The summed E-state index contributed by atoms with van der Waals surface area (Å²) in [5.41, 5.74) is 8.95. The molecule has 96 valence electrons. The number of aromatic carboxylic acids is 1. The van der Waals surface area contributed by atoms with Gasteiger partial charge >= 0.3 is 5.97 Å². The van der Waals surface area contributed by atoms with Gasteiger partial charge in [0, 0.05) is 30.2 Å². The maximum absolute atomic E-state index is 11.2. The third-order valence-corrected chi connectivity index (χ3v) is 3.29. The lowest BCUT2D eigenvalue weighted by molar-refractivity contribution is 0.0696. The molecule has 0 saturated carbocycles. The van der Waals surface area contributed by atoms with Gasteiger partial charge in [-0.25, -0.2) is 4.79 Å². The number of aromatic nitrogens is 1. The summed E-state index contributed by atoms with van der Waals surface area (Å²) in [6.07, 6.45) is 3.00. The zero-order chi connectivity index (χ0) is 13.3. The number of benzene rings is 1. The zero-order valence-corrected chi connectivity index (χ0v) is 10.7. The first kappa shape index (κ1) is 12.6. The molecule has 18 heavy (non-hydrogen) atoms. The van der Waals surface area contributed by atoms with Crippen LogP contribution in [0.5, 0.6) is 0 Å². The molecule has 0 atom stereocenters. The summed E-state index contributed by atoms with van der Waals surface area (Å²) in [4.78, 5) is 11.2. The van der Waals surface area contributed by atoms with Crippen molar-refractivity contribution < 1.29 is 9.90 Å². The van der Waals surface area contributed by atoms with Crippen molar-refractivity contribution in [2.75, 3.05) is 6.54 Å². The Bertz CT molecular complexity index is 599. The standard InChI is InChI=1S/C14H18N2O2/c1-3-10-8-16(5-4-15)13-7-11(14(17)18)9(2)6-12(10)13/h6-8H,3-5,15H2,1-2H3,(H,17,18). The van der Waals surface area contributed by atoms with Gasteiger partial charge in [0.25, 0.3) is 0 Å². The predicted molar refractivity (Wildman–Crippen MR) is 72.1 cm³/mol. The van der Waals surface area contributed by atoms with Crippen LogP contribution in [0.15, 0.2) is 18.3 Å². The van der Waals surface area contributed by atoms with E-state index in [1.807, 2.05) is 17.6 Å². The molecule has 0 fully saturated rings. The molecule has 0 aliphatic carbocycles. The minimum absolute atomic E-state index is 0.363. The molecule has 0 unspecified atom stereocenters. The van der Waals surface area contributed by atoms with Crippen LogP contribution in [0.1, 0.15) is 28.4 Å². The van der Waals surface area contributed by atoms with Gasteiger partial charge in [0.05, 0.1) is 5.56 Å². The average molecular weight is 246 g/mol. The van der Waals surface area contributed by atoms with Crippen molar-refractivity contribution in [3.63, 3.8) is 0 Å². The van der Waals surface area contributed by atoms with Crippen LogP contribution in [0.3, 0.4) is 0 Å². The molecule has 1 aromatic heterocycles. The molecule has 0 saturated heterocycles. The lowest BCUT2D eigenvalue weighted by Gasteiger charge is -2.06. The Kier molecular flexibility index (Phi) is 3.39. The molecule has 1 heterocycles. The highest BCUT2D eigenvalue weighted by atomic mass is 16.4. The summed E-state index contributed by atoms with van der Waals surface area (Å²) in [6.45, 7) is 5.19. The van der Waals surface area contributed by atoms with Gasteiger partial charge < -0.3 is 15.4 Å². The Morgan fingerprint density at radius 1 is 1.44 bits per heavy atom. The highest BCUT2D eigenvalue weighted by molar-refractivity contribution is 5.96. The number of aryl methyl sites for hydroxylation is 2. The van der Waals surface area contributed by atoms with E-state index in [1.165, 1.54) is 5.56 Å². The fraction of sp³-hybridized carbons (Fsp3) is 0.357. The monoisotopic (exact) mass is 246 g/mol. The zero-order valence-electron chi connectivity index (χ0n) is 10.7. The van der Waals surface area contributed by atoms with Crippen molar-refractivity contribution in [3.05, 3.63) is 35.0 Å². The molecule has 1 aromatic carbocycles. The molecular weight excluding hydrogens is 228 g/mol. The number of hydrogen-bond donors (Lipinski definition) is 2. The summed E-state index contributed by atoms with van der Waals surface area (Å²) in [5, 5.41) is 10.3. The van der Waals surface area contributed by atoms with Crippen molar-refractivity contribution in [2.24, 2.45) is 5.73 Å². The molecule has 0 bridgehead atoms. The Hall–Kier alpha value is -1.81. The van der Waals surface area contributed by atoms with Crippen LogP contribution in [-0.4, -0.2) is 22.2 Å². The average Bonchev–Trinajstić information content (AvgIpc) is 2.66. The Labute approximate surface area is 106 Å². The number of rotatable bonds is 4. The number of carboxylic acids is 1. The van der Waals surface area contributed by atoms with E-state index in [4.69, 9.17) is 5.73 Å². The fourth-order valence-electron chi connectivity index (χ4n) is 2.35. The van der Waals surface area contributed by atoms with Gasteiger partial charge in [0.15, 0.2) is 0 Å². The second kappa shape index (κ2) is 4.82. The van der Waals surface area contributed by atoms with Crippen molar-refractivity contribution in [1.82, 2.24) is 4.57 Å². The maximum atomic E-state index is 11.2. The number of carbonyl (C=O) groups is 1. The molecular formula is C14H18N2O2. The maximum Gasteiger partial charge on any atom is 0.336 e. The molecule has 4 nitrogen and oxygen atoms in total. The Balaban J connectivity index is 2.72. The molecule has 0 radical (unpaired) electrons. The van der Waals surface area contributed by atoms with Gasteiger partial charge in [0.2, 0.25) is 0 Å². The van der Waals surface area contributed by atoms with E-state index in [2.05, 4.69) is 13.1 Å². The van der Waals surface area contributed by atoms with Gasteiger partial charge in [-0.05, 0) is 36.6 Å². The number of fused-ring (bicyclic) bond motifs is 1. The minimum Gasteiger partial charge on any atom is -0.478 e. The van der Waals surface area contributed by atoms with Crippen LogP contribution < -0.4 is 5.73 Å². The lowest BCUT2D eigenvalue weighted by atomic mass is 10.0. The molecule has 0 spiro atoms. The van der Waals surface area contributed by atoms with Crippen molar-refractivity contribution in [2.45, 2.75) is 26.8 Å². The molecule has 0 aliphatic heterocycles. The summed E-state index contributed by atoms with van der Waals surface area (Å²) in [6, 6.07) is 3.71. The van der Waals surface area contributed by atoms with Crippen LogP contribution in [0, 0.1) is 6.92 Å². The normalized spacial score (nSPS) is 11.1. The summed E-state index contributed by atoms with van der Waals surface area (Å²) >= 11 is 0. The van der Waals surface area contributed by atoms with Gasteiger partial charge in [0.1, 0.15) is 0 Å². The van der Waals surface area contributed by atoms with E-state index < -0.39 is 5.97 Å². The third kappa shape index (κ3) is 1.99. The second-order valence-electron chi connectivity index (χ2n) is 4.48. The number of nitrogens with zero attached hydrogens (tertiary/aromatic N) is 1. The number of carboxylic acid groups (broad SMARTS) is 1. The van der Waals surface area contributed by atoms with Crippen molar-refractivity contribution in [1.29, 1.82) is 0 Å². The van der Waals surface area contributed by atoms with Gasteiger partial charge in [-0.2, -0.15) is 0 Å². The van der Waals surface area contributed by atoms with Crippen LogP contribution >= 0.6 is 0 Å². The Morgan fingerprint density at radius 2 is 2.17 bits per heavy atom. The van der Waals surface area contributed by atoms with E-state index in [9.17, 15) is 9.90 Å². The van der Waals surface area contributed by atoms with E-state index >= 15 is 0 Å². The summed E-state index contributed by atoms with van der Waals surface area (Å²) in [5.74, 6) is -0.882. The van der Waals surface area contributed by atoms with E-state index in [0.29, 0.717) is 18.7 Å². The molecule has 4 heteroatoms. The molecule has 2 aromatic rings. The number of nitrogens with two attached hydrogens (primary N) is 1. The molecule has 0 aliphatic rings. The molecule has 0 amide bonds. The molecule has 3 N–H and O–H groups in total. The van der Waals surface area contributed by atoms with E-state index in [0.717, 1.165) is 22.9 Å². The van der Waals surface area contributed by atoms with E-state index in [1.54, 1.807) is 6.07 Å². The van der Waals surface area contributed by atoms with E-state index in [-0.39, 0.29) is 0 Å². The summed E-state index contributed by atoms with van der Waals surface area (Å²) < 4.78 is 2.04. The Morgan fingerprint density at radius 3 is 2.72 bits per heavy atom. The van der Waals surface area contributed by atoms with Crippen molar-refractivity contribution in [3.8, 4) is 0 Å². The lowest BCUT2D eigenvalue weighted by Crippen LogP contribution is -2.09. The first-order valence-corrected chi connectivity index (χ1v) is 6.14. The second-order valence-corrected chi connectivity index (χ2v) is 4.48. The van der Waals surface area contributed by atoms with Crippen LogP contribution in [0.4, 0.5) is 0 Å². The quantitative estimate of drug-likeness (QED) is 0.868. The first-order valence-electron chi connectivity index (χ1n) is 6.14. The SMILES string of the molecule is CCc1cn(CCN)c2cc(C(=O)O)c(C)cc12. The van der Waals surface area contributed by atoms with Crippen LogP contribution in [-0.2, 0) is 13.0 Å². The third-order valence-electron chi connectivity index (χ3n) is 3.29.